The molecule has 2 N–H and O–H groups in total. The summed E-state index contributed by atoms with van der Waals surface area (Å²) in [6.07, 6.45) is 0.387. The zero-order valence-electron chi connectivity index (χ0n) is 13.5. The van der Waals surface area contributed by atoms with Crippen LogP contribution in [0, 0.1) is 6.92 Å². The SMILES string of the molecule is COc1ccc(-c2n[nH]c(CNC(=O)Cc3ccc(C)s3)n2)cc1. The third kappa shape index (κ3) is 3.99. The van der Waals surface area contributed by atoms with Crippen LogP contribution in [0.3, 0.4) is 0 Å². The molecule has 0 aliphatic rings. The molecule has 0 aliphatic heterocycles. The predicted molar refractivity (Wildman–Crippen MR) is 93.0 cm³/mol. The van der Waals surface area contributed by atoms with Crippen molar-refractivity contribution < 1.29 is 9.53 Å². The molecule has 3 aromatic rings. The van der Waals surface area contributed by atoms with Crippen LogP contribution in [0.2, 0.25) is 0 Å². The third-order valence-corrected chi connectivity index (χ3v) is 4.46. The summed E-state index contributed by atoms with van der Waals surface area (Å²) in [6.45, 7) is 2.35. The first-order valence-corrected chi connectivity index (χ1v) is 8.33. The van der Waals surface area contributed by atoms with Crippen LogP contribution >= 0.6 is 11.3 Å². The van der Waals surface area contributed by atoms with Crippen molar-refractivity contribution in [3.8, 4) is 17.1 Å². The van der Waals surface area contributed by atoms with E-state index >= 15 is 0 Å². The van der Waals surface area contributed by atoms with Gasteiger partial charge in [0, 0.05) is 15.3 Å². The van der Waals surface area contributed by atoms with Crippen LogP contribution in [-0.2, 0) is 17.8 Å². The maximum atomic E-state index is 12.0. The first-order chi connectivity index (χ1) is 11.6. The summed E-state index contributed by atoms with van der Waals surface area (Å²) in [7, 11) is 1.63. The second kappa shape index (κ2) is 7.27. The predicted octanol–water partition coefficient (Wildman–Crippen LogP) is 2.71. The first-order valence-electron chi connectivity index (χ1n) is 7.52. The van der Waals surface area contributed by atoms with Gasteiger partial charge < -0.3 is 10.1 Å². The number of carbonyl (C=O) groups excluding carboxylic acids is 1. The third-order valence-electron chi connectivity index (χ3n) is 3.46. The molecule has 0 aliphatic carbocycles. The number of H-pyrrole nitrogens is 1. The van der Waals surface area contributed by atoms with Gasteiger partial charge in [0.15, 0.2) is 5.82 Å². The summed E-state index contributed by atoms with van der Waals surface area (Å²) >= 11 is 1.64. The maximum Gasteiger partial charge on any atom is 0.225 e. The number of benzene rings is 1. The smallest absolute Gasteiger partial charge is 0.225 e. The van der Waals surface area contributed by atoms with Gasteiger partial charge in [0.2, 0.25) is 5.91 Å². The van der Waals surface area contributed by atoms with Crippen molar-refractivity contribution in [2.24, 2.45) is 0 Å². The Morgan fingerprint density at radius 2 is 2.04 bits per heavy atom. The fraction of sp³-hybridized carbons (Fsp3) is 0.235. The van der Waals surface area contributed by atoms with Crippen LogP contribution in [0.25, 0.3) is 11.4 Å². The van der Waals surface area contributed by atoms with Gasteiger partial charge in [0.1, 0.15) is 11.6 Å². The van der Waals surface area contributed by atoms with E-state index in [0.29, 0.717) is 24.6 Å². The van der Waals surface area contributed by atoms with Crippen molar-refractivity contribution in [2.75, 3.05) is 7.11 Å². The molecule has 0 unspecified atom stereocenters. The van der Waals surface area contributed by atoms with E-state index in [4.69, 9.17) is 4.74 Å². The minimum absolute atomic E-state index is 0.0285. The Hall–Kier alpha value is -2.67. The Bertz CT molecular complexity index is 823. The van der Waals surface area contributed by atoms with E-state index in [1.54, 1.807) is 18.4 Å². The molecule has 1 aromatic carbocycles. The van der Waals surface area contributed by atoms with Gasteiger partial charge in [-0.15, -0.1) is 11.3 Å². The molecule has 6 nitrogen and oxygen atoms in total. The first kappa shape index (κ1) is 16.2. The zero-order valence-corrected chi connectivity index (χ0v) is 14.3. The number of aryl methyl sites for hydroxylation is 1. The number of methoxy groups -OCH3 is 1. The number of nitrogens with zero attached hydrogens (tertiary/aromatic N) is 2. The minimum atomic E-state index is -0.0285. The van der Waals surface area contributed by atoms with Gasteiger partial charge in [-0.1, -0.05) is 0 Å². The number of rotatable bonds is 6. The van der Waals surface area contributed by atoms with E-state index in [-0.39, 0.29) is 5.91 Å². The van der Waals surface area contributed by atoms with Gasteiger partial charge in [-0.2, -0.15) is 5.10 Å². The van der Waals surface area contributed by atoms with E-state index < -0.39 is 0 Å². The molecule has 0 saturated heterocycles. The van der Waals surface area contributed by atoms with E-state index in [1.165, 1.54) is 4.88 Å². The summed E-state index contributed by atoms with van der Waals surface area (Å²) in [5.41, 5.74) is 0.888. The fourth-order valence-corrected chi connectivity index (χ4v) is 3.12. The van der Waals surface area contributed by atoms with Crippen LogP contribution in [0.15, 0.2) is 36.4 Å². The molecule has 0 fully saturated rings. The van der Waals surface area contributed by atoms with E-state index in [2.05, 4.69) is 20.5 Å². The molecular weight excluding hydrogens is 324 g/mol. The van der Waals surface area contributed by atoms with E-state index in [9.17, 15) is 4.79 Å². The lowest BCUT2D eigenvalue weighted by Crippen LogP contribution is -2.24. The van der Waals surface area contributed by atoms with Crippen molar-refractivity contribution in [1.82, 2.24) is 20.5 Å². The van der Waals surface area contributed by atoms with Crippen LogP contribution < -0.4 is 10.1 Å². The van der Waals surface area contributed by atoms with Crippen molar-refractivity contribution in [2.45, 2.75) is 19.9 Å². The van der Waals surface area contributed by atoms with Gasteiger partial charge in [0.05, 0.1) is 20.1 Å². The average molecular weight is 342 g/mol. The Balaban J connectivity index is 1.56. The molecule has 2 heterocycles. The van der Waals surface area contributed by atoms with Crippen molar-refractivity contribution in [3.05, 3.63) is 52.0 Å². The summed E-state index contributed by atoms with van der Waals surface area (Å²) in [6, 6.07) is 11.5. The number of hydrogen-bond acceptors (Lipinski definition) is 5. The lowest BCUT2D eigenvalue weighted by Gasteiger charge is -2.01. The fourth-order valence-electron chi connectivity index (χ4n) is 2.23. The Kier molecular flexibility index (Phi) is 4.90. The maximum absolute atomic E-state index is 12.0. The van der Waals surface area contributed by atoms with E-state index in [0.717, 1.165) is 16.2 Å². The molecule has 0 bridgehead atoms. The molecule has 0 saturated carbocycles. The van der Waals surface area contributed by atoms with Crippen LogP contribution in [0.1, 0.15) is 15.6 Å². The molecule has 124 valence electrons. The number of nitrogens with one attached hydrogen (secondary N) is 2. The van der Waals surface area contributed by atoms with Crippen molar-refractivity contribution in [1.29, 1.82) is 0 Å². The van der Waals surface area contributed by atoms with Gasteiger partial charge in [0.25, 0.3) is 0 Å². The highest BCUT2D eigenvalue weighted by molar-refractivity contribution is 7.12. The standard InChI is InChI=1S/C17H18N4O2S/c1-11-3-8-14(24-11)9-16(22)18-10-15-19-17(21-20-15)12-4-6-13(23-2)7-5-12/h3-8H,9-10H2,1-2H3,(H,18,22)(H,19,20,21). The van der Waals surface area contributed by atoms with Gasteiger partial charge >= 0.3 is 0 Å². The number of amides is 1. The van der Waals surface area contributed by atoms with Crippen LogP contribution in [0.5, 0.6) is 5.75 Å². The number of aromatic nitrogens is 3. The highest BCUT2D eigenvalue weighted by Crippen LogP contribution is 2.19. The van der Waals surface area contributed by atoms with Gasteiger partial charge in [-0.05, 0) is 43.3 Å². The molecular formula is C17H18N4O2S. The van der Waals surface area contributed by atoms with Crippen LogP contribution in [0.4, 0.5) is 0 Å². The normalized spacial score (nSPS) is 10.6. The van der Waals surface area contributed by atoms with Crippen molar-refractivity contribution >= 4 is 17.2 Å². The summed E-state index contributed by atoms with van der Waals surface area (Å²) in [4.78, 5) is 18.6. The number of ether oxygens (including phenoxy) is 1. The largest absolute Gasteiger partial charge is 0.497 e. The van der Waals surface area contributed by atoms with Crippen molar-refractivity contribution in [3.63, 3.8) is 0 Å². The summed E-state index contributed by atoms with van der Waals surface area (Å²) < 4.78 is 5.13. The number of carbonyl (C=O) groups is 1. The summed E-state index contributed by atoms with van der Waals surface area (Å²) in [5.74, 6) is 1.97. The van der Waals surface area contributed by atoms with Gasteiger partial charge in [-0.25, -0.2) is 4.98 Å². The van der Waals surface area contributed by atoms with E-state index in [1.807, 2.05) is 43.3 Å². The highest BCUT2D eigenvalue weighted by Gasteiger charge is 2.09. The average Bonchev–Trinajstić information content (AvgIpc) is 3.22. The highest BCUT2D eigenvalue weighted by atomic mass is 32.1. The molecule has 24 heavy (non-hydrogen) atoms. The molecule has 0 atom stereocenters. The zero-order chi connectivity index (χ0) is 16.9. The molecule has 0 spiro atoms. The second-order valence-corrected chi connectivity index (χ2v) is 6.67. The lowest BCUT2D eigenvalue weighted by atomic mass is 10.2. The Morgan fingerprint density at radius 1 is 1.25 bits per heavy atom. The lowest BCUT2D eigenvalue weighted by molar-refractivity contribution is -0.120. The Labute approximate surface area is 143 Å². The quantitative estimate of drug-likeness (QED) is 0.722. The second-order valence-electron chi connectivity index (χ2n) is 5.30. The molecule has 1 amide bonds. The number of hydrogen-bond donors (Lipinski definition) is 2. The molecule has 0 radical (unpaired) electrons. The van der Waals surface area contributed by atoms with Crippen LogP contribution in [-0.4, -0.2) is 28.2 Å². The number of aromatic amines is 1. The molecule has 3 rings (SSSR count). The molecule has 7 heteroatoms. The summed E-state index contributed by atoms with van der Waals surface area (Å²) in [5, 5.41) is 9.89. The topological polar surface area (TPSA) is 79.9 Å². The minimum Gasteiger partial charge on any atom is -0.497 e. The Morgan fingerprint density at radius 3 is 2.71 bits per heavy atom. The monoisotopic (exact) mass is 342 g/mol. The van der Waals surface area contributed by atoms with Gasteiger partial charge in [-0.3, -0.25) is 9.89 Å². The molecule has 2 aromatic heterocycles. The number of thiophene rings is 1.